The largest absolute Gasteiger partial charge is 0.469 e. The molecule has 2 aromatic rings. The Hall–Kier alpha value is -1.75. The van der Waals surface area contributed by atoms with Gasteiger partial charge < -0.3 is 15.1 Å². The Kier molecular flexibility index (Phi) is 4.29. The van der Waals surface area contributed by atoms with Crippen LogP contribution in [0.25, 0.3) is 0 Å². The van der Waals surface area contributed by atoms with E-state index in [2.05, 4.69) is 29.7 Å². The Morgan fingerprint density at radius 1 is 1.38 bits per heavy atom. The summed E-state index contributed by atoms with van der Waals surface area (Å²) >= 11 is 1.75. The van der Waals surface area contributed by atoms with Crippen molar-refractivity contribution < 1.29 is 9.21 Å². The number of rotatable bonds is 4. The SMILES string of the molecule is CCc1ccc(CNC(=O)NC2CCCc3occc32)s1. The van der Waals surface area contributed by atoms with E-state index in [0.29, 0.717) is 6.54 Å². The van der Waals surface area contributed by atoms with Gasteiger partial charge in [-0.2, -0.15) is 0 Å². The van der Waals surface area contributed by atoms with Crippen LogP contribution in [0.1, 0.15) is 46.9 Å². The van der Waals surface area contributed by atoms with E-state index in [1.807, 2.05) is 6.07 Å². The molecule has 2 aromatic heterocycles. The first-order valence-corrected chi connectivity index (χ1v) is 8.26. The summed E-state index contributed by atoms with van der Waals surface area (Å²) in [5, 5.41) is 5.98. The molecular weight excluding hydrogens is 284 g/mol. The normalized spacial score (nSPS) is 17.3. The van der Waals surface area contributed by atoms with Crippen molar-refractivity contribution in [3.8, 4) is 0 Å². The van der Waals surface area contributed by atoms with Crippen molar-refractivity contribution in [2.45, 2.75) is 45.2 Å². The molecule has 1 aliphatic carbocycles. The predicted molar refractivity (Wildman–Crippen MR) is 83.5 cm³/mol. The Balaban J connectivity index is 1.53. The van der Waals surface area contributed by atoms with E-state index in [9.17, 15) is 4.79 Å². The highest BCUT2D eigenvalue weighted by Gasteiger charge is 2.23. The summed E-state index contributed by atoms with van der Waals surface area (Å²) in [6, 6.07) is 6.13. The third-order valence-electron chi connectivity index (χ3n) is 3.85. The molecule has 0 fully saturated rings. The van der Waals surface area contributed by atoms with Crippen LogP contribution in [0.3, 0.4) is 0 Å². The van der Waals surface area contributed by atoms with E-state index in [4.69, 9.17) is 4.42 Å². The number of urea groups is 1. The van der Waals surface area contributed by atoms with Gasteiger partial charge in [-0.3, -0.25) is 0 Å². The van der Waals surface area contributed by atoms with Gasteiger partial charge in [0.2, 0.25) is 0 Å². The molecule has 0 bridgehead atoms. The van der Waals surface area contributed by atoms with E-state index in [1.165, 1.54) is 9.75 Å². The summed E-state index contributed by atoms with van der Waals surface area (Å²) in [5.41, 5.74) is 1.13. The lowest BCUT2D eigenvalue weighted by atomic mass is 9.93. The number of hydrogen-bond donors (Lipinski definition) is 2. The van der Waals surface area contributed by atoms with Crippen LogP contribution < -0.4 is 10.6 Å². The Morgan fingerprint density at radius 2 is 2.24 bits per heavy atom. The number of carbonyl (C=O) groups excluding carboxylic acids is 1. The molecule has 4 nitrogen and oxygen atoms in total. The highest BCUT2D eigenvalue weighted by Crippen LogP contribution is 2.30. The first-order chi connectivity index (χ1) is 10.3. The molecule has 1 atom stereocenters. The third kappa shape index (κ3) is 3.29. The molecule has 21 heavy (non-hydrogen) atoms. The van der Waals surface area contributed by atoms with E-state index in [-0.39, 0.29) is 12.1 Å². The number of aryl methyl sites for hydroxylation is 2. The molecule has 1 aliphatic rings. The van der Waals surface area contributed by atoms with Gasteiger partial charge in [0.25, 0.3) is 0 Å². The minimum atomic E-state index is -0.111. The number of carbonyl (C=O) groups is 1. The number of nitrogens with one attached hydrogen (secondary N) is 2. The zero-order valence-electron chi connectivity index (χ0n) is 12.1. The van der Waals surface area contributed by atoms with Gasteiger partial charge in [0, 0.05) is 21.7 Å². The predicted octanol–water partition coefficient (Wildman–Crippen LogP) is 3.78. The summed E-state index contributed by atoms with van der Waals surface area (Å²) in [6.45, 7) is 2.72. The molecule has 5 heteroatoms. The third-order valence-corrected chi connectivity index (χ3v) is 5.08. The smallest absolute Gasteiger partial charge is 0.315 e. The summed E-state index contributed by atoms with van der Waals surface area (Å²) in [6.07, 6.45) is 5.75. The maximum Gasteiger partial charge on any atom is 0.315 e. The molecule has 0 saturated heterocycles. The van der Waals surface area contributed by atoms with E-state index < -0.39 is 0 Å². The molecule has 3 rings (SSSR count). The molecule has 2 N–H and O–H groups in total. The number of amides is 2. The lowest BCUT2D eigenvalue weighted by molar-refractivity contribution is 0.235. The second kappa shape index (κ2) is 6.35. The van der Waals surface area contributed by atoms with E-state index >= 15 is 0 Å². The fourth-order valence-electron chi connectivity index (χ4n) is 2.72. The van der Waals surface area contributed by atoms with Gasteiger partial charge in [0.15, 0.2) is 0 Å². The Bertz CT molecular complexity index is 617. The van der Waals surface area contributed by atoms with Gasteiger partial charge in [-0.1, -0.05) is 6.92 Å². The molecule has 112 valence electrons. The average molecular weight is 304 g/mol. The summed E-state index contributed by atoms with van der Waals surface area (Å²) in [4.78, 5) is 14.6. The van der Waals surface area contributed by atoms with E-state index in [1.54, 1.807) is 17.6 Å². The Morgan fingerprint density at radius 3 is 3.05 bits per heavy atom. The lowest BCUT2D eigenvalue weighted by Gasteiger charge is -2.22. The zero-order valence-corrected chi connectivity index (χ0v) is 13.0. The van der Waals surface area contributed by atoms with E-state index in [0.717, 1.165) is 37.0 Å². The number of furan rings is 1. The molecule has 1 unspecified atom stereocenters. The second-order valence-electron chi connectivity index (χ2n) is 5.29. The summed E-state index contributed by atoms with van der Waals surface area (Å²) in [5.74, 6) is 1.01. The fraction of sp³-hybridized carbons (Fsp3) is 0.438. The number of thiophene rings is 1. The fourth-order valence-corrected chi connectivity index (χ4v) is 3.62. The van der Waals surface area contributed by atoms with Crippen molar-refractivity contribution in [1.29, 1.82) is 0 Å². The maximum atomic E-state index is 12.0. The molecule has 0 spiro atoms. The maximum absolute atomic E-state index is 12.0. The zero-order chi connectivity index (χ0) is 14.7. The van der Waals surface area contributed by atoms with Gasteiger partial charge in [-0.05, 0) is 37.5 Å². The molecule has 0 aliphatic heterocycles. The molecule has 2 amide bonds. The van der Waals surface area contributed by atoms with Crippen molar-refractivity contribution in [2.24, 2.45) is 0 Å². The van der Waals surface area contributed by atoms with Crippen LogP contribution in [0.15, 0.2) is 28.9 Å². The van der Waals surface area contributed by atoms with Crippen molar-refractivity contribution in [2.75, 3.05) is 0 Å². The van der Waals surface area contributed by atoms with Gasteiger partial charge >= 0.3 is 6.03 Å². The molecule has 0 radical (unpaired) electrons. The van der Waals surface area contributed by atoms with Gasteiger partial charge in [-0.25, -0.2) is 4.79 Å². The minimum absolute atomic E-state index is 0.0713. The van der Waals surface area contributed by atoms with Gasteiger partial charge in [-0.15, -0.1) is 11.3 Å². The lowest BCUT2D eigenvalue weighted by Crippen LogP contribution is -2.38. The van der Waals surface area contributed by atoms with Crippen LogP contribution in [-0.4, -0.2) is 6.03 Å². The first kappa shape index (κ1) is 14.2. The monoisotopic (exact) mass is 304 g/mol. The van der Waals surface area contributed by atoms with Crippen molar-refractivity contribution >= 4 is 17.4 Å². The van der Waals surface area contributed by atoms with Crippen molar-refractivity contribution in [1.82, 2.24) is 10.6 Å². The minimum Gasteiger partial charge on any atom is -0.469 e. The van der Waals surface area contributed by atoms with Crippen LogP contribution in [0.2, 0.25) is 0 Å². The number of fused-ring (bicyclic) bond motifs is 1. The molecule has 0 aromatic carbocycles. The summed E-state index contributed by atoms with van der Waals surface area (Å²) in [7, 11) is 0. The standard InChI is InChI=1S/C16H20N2O2S/c1-2-11-6-7-12(21-11)10-17-16(19)18-14-4-3-5-15-13(14)8-9-20-15/h6-9,14H,2-5,10H2,1H3,(H2,17,18,19). The summed E-state index contributed by atoms with van der Waals surface area (Å²) < 4.78 is 5.44. The highest BCUT2D eigenvalue weighted by atomic mass is 32.1. The Labute approximate surface area is 128 Å². The quantitative estimate of drug-likeness (QED) is 0.903. The van der Waals surface area contributed by atoms with Gasteiger partial charge in [0.05, 0.1) is 18.8 Å². The van der Waals surface area contributed by atoms with Crippen LogP contribution in [0.4, 0.5) is 4.79 Å². The highest BCUT2D eigenvalue weighted by molar-refractivity contribution is 7.11. The molecular formula is C16H20N2O2S. The van der Waals surface area contributed by atoms with Crippen LogP contribution in [0, 0.1) is 0 Å². The number of hydrogen-bond acceptors (Lipinski definition) is 3. The van der Waals surface area contributed by atoms with Crippen LogP contribution in [-0.2, 0) is 19.4 Å². The van der Waals surface area contributed by atoms with Crippen molar-refractivity contribution in [3.05, 3.63) is 45.5 Å². The molecule has 0 saturated carbocycles. The van der Waals surface area contributed by atoms with Crippen molar-refractivity contribution in [3.63, 3.8) is 0 Å². The van der Waals surface area contributed by atoms with Crippen LogP contribution in [0.5, 0.6) is 0 Å². The van der Waals surface area contributed by atoms with Gasteiger partial charge in [0.1, 0.15) is 5.76 Å². The second-order valence-corrected chi connectivity index (χ2v) is 6.55. The molecule has 2 heterocycles. The average Bonchev–Trinajstić information content (AvgIpc) is 3.14. The van der Waals surface area contributed by atoms with Crippen LogP contribution >= 0.6 is 11.3 Å². The topological polar surface area (TPSA) is 54.3 Å². The first-order valence-electron chi connectivity index (χ1n) is 7.44.